The van der Waals surface area contributed by atoms with E-state index in [9.17, 15) is 9.59 Å². The van der Waals surface area contributed by atoms with Crippen molar-refractivity contribution in [1.29, 1.82) is 0 Å². The number of aliphatic hydroxyl groups excluding tert-OH is 1. The molecule has 0 fully saturated rings. The number of amides is 1. The lowest BCUT2D eigenvalue weighted by Gasteiger charge is -2.24. The topological polar surface area (TPSA) is 95.9 Å². The van der Waals surface area contributed by atoms with E-state index in [-0.39, 0.29) is 6.42 Å². The molecule has 2 atom stereocenters. The fourth-order valence-corrected chi connectivity index (χ4v) is 1.07. The van der Waals surface area contributed by atoms with Gasteiger partial charge in [0.15, 0.2) is 6.04 Å². The second-order valence-electron chi connectivity index (χ2n) is 4.26. The number of aliphatic carboxylic acids is 1. The first kappa shape index (κ1) is 14.9. The molecule has 3 N–H and O–H groups in total. The summed E-state index contributed by atoms with van der Waals surface area (Å²) in [5.41, 5.74) is -0.661. The van der Waals surface area contributed by atoms with E-state index in [4.69, 9.17) is 14.9 Å². The molecule has 0 saturated heterocycles. The Hall–Kier alpha value is -1.14. The van der Waals surface area contributed by atoms with E-state index in [0.29, 0.717) is 0 Å². The molecule has 0 aromatic heterocycles. The second kappa shape index (κ2) is 5.81. The Morgan fingerprint density at radius 1 is 1.44 bits per heavy atom. The van der Waals surface area contributed by atoms with Crippen molar-refractivity contribution >= 4 is 11.9 Å². The minimum Gasteiger partial charge on any atom is -0.480 e. The second-order valence-corrected chi connectivity index (χ2v) is 4.26. The van der Waals surface area contributed by atoms with Crippen LogP contribution in [-0.2, 0) is 14.3 Å². The molecule has 0 spiro atoms. The highest BCUT2D eigenvalue weighted by molar-refractivity contribution is 5.84. The Labute approximate surface area is 94.6 Å². The van der Waals surface area contributed by atoms with Crippen LogP contribution in [0.1, 0.15) is 27.2 Å². The number of aliphatic hydroxyl groups is 1. The first-order valence-corrected chi connectivity index (χ1v) is 4.95. The molecule has 0 aliphatic heterocycles. The highest BCUT2D eigenvalue weighted by Crippen LogP contribution is 2.12. The van der Waals surface area contributed by atoms with Crippen molar-refractivity contribution in [2.45, 2.75) is 44.9 Å². The third-order valence-corrected chi connectivity index (χ3v) is 2.20. The summed E-state index contributed by atoms with van der Waals surface area (Å²) in [6, 6.07) is -1.29. The minimum absolute atomic E-state index is 0.0278. The van der Waals surface area contributed by atoms with Crippen molar-refractivity contribution in [3.8, 4) is 0 Å². The maximum Gasteiger partial charge on any atom is 0.328 e. The molecule has 6 heteroatoms. The van der Waals surface area contributed by atoms with E-state index in [1.54, 1.807) is 13.8 Å². The number of rotatable bonds is 6. The number of methoxy groups -OCH3 is 1. The van der Waals surface area contributed by atoms with Crippen molar-refractivity contribution in [3.63, 3.8) is 0 Å². The van der Waals surface area contributed by atoms with Crippen LogP contribution in [0.25, 0.3) is 0 Å². The van der Waals surface area contributed by atoms with Crippen LogP contribution >= 0.6 is 0 Å². The monoisotopic (exact) mass is 233 g/mol. The van der Waals surface area contributed by atoms with Gasteiger partial charge in [-0.3, -0.25) is 4.79 Å². The molecule has 16 heavy (non-hydrogen) atoms. The van der Waals surface area contributed by atoms with Gasteiger partial charge in [-0.15, -0.1) is 0 Å². The highest BCUT2D eigenvalue weighted by atomic mass is 16.5. The Balaban J connectivity index is 4.37. The van der Waals surface area contributed by atoms with E-state index in [0.717, 1.165) is 0 Å². The minimum atomic E-state index is -1.29. The molecule has 6 nitrogen and oxygen atoms in total. The number of hydrogen-bond acceptors (Lipinski definition) is 4. The largest absolute Gasteiger partial charge is 0.480 e. The van der Waals surface area contributed by atoms with Gasteiger partial charge in [0.2, 0.25) is 5.91 Å². The number of hydrogen-bond donors (Lipinski definition) is 3. The van der Waals surface area contributed by atoms with Crippen LogP contribution in [0.15, 0.2) is 0 Å². The predicted molar refractivity (Wildman–Crippen MR) is 57.0 cm³/mol. The normalized spacial score (nSPS) is 15.3. The summed E-state index contributed by atoms with van der Waals surface area (Å²) in [6.45, 7) is 4.73. The molecule has 0 bridgehead atoms. The molecule has 94 valence electrons. The van der Waals surface area contributed by atoms with Crippen molar-refractivity contribution in [2.75, 3.05) is 7.11 Å². The van der Waals surface area contributed by atoms with Gasteiger partial charge < -0.3 is 20.3 Å². The number of ether oxygens (including phenoxy) is 1. The molecule has 0 rings (SSSR count). The van der Waals surface area contributed by atoms with Gasteiger partial charge in [-0.05, 0) is 20.8 Å². The van der Waals surface area contributed by atoms with E-state index < -0.39 is 29.6 Å². The van der Waals surface area contributed by atoms with Crippen LogP contribution in [-0.4, -0.2) is 46.9 Å². The zero-order valence-corrected chi connectivity index (χ0v) is 9.98. The van der Waals surface area contributed by atoms with Crippen LogP contribution in [0.5, 0.6) is 0 Å². The first-order valence-electron chi connectivity index (χ1n) is 4.95. The molecule has 0 aliphatic rings. The highest BCUT2D eigenvalue weighted by Gasteiger charge is 2.28. The number of carbonyl (C=O) groups excluding carboxylic acids is 1. The van der Waals surface area contributed by atoms with Crippen LogP contribution < -0.4 is 5.32 Å². The van der Waals surface area contributed by atoms with Crippen molar-refractivity contribution < 1.29 is 24.5 Å². The standard InChI is InChI=1S/C10H19NO5/c1-6(12)8(9(14)15)11-7(13)5-10(2,3)16-4/h6,8,12H,5H2,1-4H3,(H,11,13)(H,14,15). The Morgan fingerprint density at radius 3 is 2.25 bits per heavy atom. The van der Waals surface area contributed by atoms with Gasteiger partial charge in [-0.2, -0.15) is 0 Å². The summed E-state index contributed by atoms with van der Waals surface area (Å²) in [4.78, 5) is 22.2. The van der Waals surface area contributed by atoms with Crippen molar-refractivity contribution in [2.24, 2.45) is 0 Å². The molecule has 0 aliphatic carbocycles. The van der Waals surface area contributed by atoms with Gasteiger partial charge in [-0.25, -0.2) is 4.79 Å². The van der Waals surface area contributed by atoms with E-state index in [1.165, 1.54) is 14.0 Å². The number of carboxylic acid groups (broad SMARTS) is 1. The molecule has 0 aromatic rings. The van der Waals surface area contributed by atoms with Gasteiger partial charge in [0.1, 0.15) is 0 Å². The molecule has 2 unspecified atom stereocenters. The maximum atomic E-state index is 11.5. The molecule has 0 saturated carbocycles. The number of carboxylic acids is 1. The molecule has 0 radical (unpaired) electrons. The lowest BCUT2D eigenvalue weighted by Crippen LogP contribution is -2.49. The summed E-state index contributed by atoms with van der Waals surface area (Å²) >= 11 is 0. The molecule has 1 amide bonds. The summed E-state index contributed by atoms with van der Waals surface area (Å²) in [5, 5.41) is 20.1. The van der Waals surface area contributed by atoms with Crippen molar-refractivity contribution in [1.82, 2.24) is 5.32 Å². The number of carbonyl (C=O) groups is 2. The molecular weight excluding hydrogens is 214 g/mol. The molecular formula is C10H19NO5. The maximum absolute atomic E-state index is 11.5. The lowest BCUT2D eigenvalue weighted by atomic mass is 10.0. The van der Waals surface area contributed by atoms with E-state index in [2.05, 4.69) is 5.32 Å². The summed E-state index contributed by atoms with van der Waals surface area (Å²) < 4.78 is 5.04. The molecule has 0 aromatic carbocycles. The van der Waals surface area contributed by atoms with Crippen LogP contribution in [0.3, 0.4) is 0 Å². The van der Waals surface area contributed by atoms with Crippen LogP contribution in [0.2, 0.25) is 0 Å². The third-order valence-electron chi connectivity index (χ3n) is 2.20. The van der Waals surface area contributed by atoms with Gasteiger partial charge in [0.25, 0.3) is 0 Å². The van der Waals surface area contributed by atoms with Crippen molar-refractivity contribution in [3.05, 3.63) is 0 Å². The zero-order valence-electron chi connectivity index (χ0n) is 9.98. The fraction of sp³-hybridized carbons (Fsp3) is 0.800. The van der Waals surface area contributed by atoms with Gasteiger partial charge in [0.05, 0.1) is 18.1 Å². The average Bonchev–Trinajstić information content (AvgIpc) is 2.12. The third kappa shape index (κ3) is 5.09. The predicted octanol–water partition coefficient (Wildman–Crippen LogP) is -0.248. The Morgan fingerprint density at radius 2 is 1.94 bits per heavy atom. The quantitative estimate of drug-likeness (QED) is 0.588. The van der Waals surface area contributed by atoms with E-state index in [1.807, 2.05) is 0 Å². The Bertz CT molecular complexity index is 262. The zero-order chi connectivity index (χ0) is 12.9. The summed E-state index contributed by atoms with van der Waals surface area (Å²) in [6.07, 6.45) is -1.12. The van der Waals surface area contributed by atoms with E-state index >= 15 is 0 Å². The summed E-state index contributed by atoms with van der Waals surface area (Å²) in [7, 11) is 1.47. The average molecular weight is 233 g/mol. The smallest absolute Gasteiger partial charge is 0.328 e. The molecule has 0 heterocycles. The SMILES string of the molecule is COC(C)(C)CC(=O)NC(C(=O)O)C(C)O. The summed E-state index contributed by atoms with van der Waals surface area (Å²) in [5.74, 6) is -1.74. The Kier molecular flexibility index (Phi) is 5.40. The number of nitrogens with one attached hydrogen (secondary N) is 1. The van der Waals surface area contributed by atoms with Crippen LogP contribution in [0, 0.1) is 0 Å². The lowest BCUT2D eigenvalue weighted by molar-refractivity contribution is -0.145. The first-order chi connectivity index (χ1) is 7.19. The van der Waals surface area contributed by atoms with Crippen LogP contribution in [0.4, 0.5) is 0 Å². The van der Waals surface area contributed by atoms with Gasteiger partial charge in [-0.1, -0.05) is 0 Å². The van der Waals surface area contributed by atoms with Gasteiger partial charge >= 0.3 is 5.97 Å². The fourth-order valence-electron chi connectivity index (χ4n) is 1.07. The van der Waals surface area contributed by atoms with Gasteiger partial charge in [0, 0.05) is 7.11 Å².